The first-order valence-corrected chi connectivity index (χ1v) is 7.17. The minimum atomic E-state index is 0.269. The van der Waals surface area contributed by atoms with Crippen LogP contribution in [0.25, 0.3) is 0 Å². The molecule has 0 aliphatic carbocycles. The Kier molecular flexibility index (Phi) is 5.62. The summed E-state index contributed by atoms with van der Waals surface area (Å²) >= 11 is 7.82. The molecule has 1 heterocycles. The van der Waals surface area contributed by atoms with Crippen LogP contribution >= 0.6 is 22.9 Å². The van der Waals surface area contributed by atoms with Crippen molar-refractivity contribution in [3.63, 3.8) is 0 Å². The summed E-state index contributed by atoms with van der Waals surface area (Å²) in [5.74, 6) is 0.751. The van der Waals surface area contributed by atoms with Crippen molar-refractivity contribution in [1.29, 1.82) is 0 Å². The standard InChI is InChI=1S/C12H20ClNS/c1-3-5-6-12(4-2,9-13)7-11-8-15-10-14-11/h8,10H,3-7,9H2,1-2H3. The Morgan fingerprint density at radius 2 is 2.27 bits per heavy atom. The topological polar surface area (TPSA) is 12.9 Å². The van der Waals surface area contributed by atoms with E-state index < -0.39 is 0 Å². The van der Waals surface area contributed by atoms with Gasteiger partial charge in [-0.1, -0.05) is 26.7 Å². The number of halogens is 1. The average Bonchev–Trinajstić information content (AvgIpc) is 2.77. The predicted molar refractivity (Wildman–Crippen MR) is 68.8 cm³/mol. The van der Waals surface area contributed by atoms with Gasteiger partial charge >= 0.3 is 0 Å². The van der Waals surface area contributed by atoms with Crippen LogP contribution in [0.2, 0.25) is 0 Å². The summed E-state index contributed by atoms with van der Waals surface area (Å²) in [5, 5.41) is 2.14. The summed E-state index contributed by atoms with van der Waals surface area (Å²) in [6, 6.07) is 0. The number of thiazole rings is 1. The minimum absolute atomic E-state index is 0.269. The van der Waals surface area contributed by atoms with E-state index in [2.05, 4.69) is 24.2 Å². The highest BCUT2D eigenvalue weighted by Crippen LogP contribution is 2.34. The van der Waals surface area contributed by atoms with Crippen LogP contribution in [0.5, 0.6) is 0 Å². The summed E-state index contributed by atoms with van der Waals surface area (Å²) in [5.41, 5.74) is 3.38. The maximum absolute atomic E-state index is 6.15. The van der Waals surface area contributed by atoms with Crippen LogP contribution in [0.4, 0.5) is 0 Å². The predicted octanol–water partition coefficient (Wildman–Crippen LogP) is 4.51. The zero-order chi connectivity index (χ0) is 11.1. The smallest absolute Gasteiger partial charge is 0.0794 e. The van der Waals surface area contributed by atoms with E-state index in [0.29, 0.717) is 0 Å². The van der Waals surface area contributed by atoms with E-state index in [-0.39, 0.29) is 5.41 Å². The first-order chi connectivity index (χ1) is 7.26. The van der Waals surface area contributed by atoms with Gasteiger partial charge in [0.15, 0.2) is 0 Å². The highest BCUT2D eigenvalue weighted by Gasteiger charge is 2.27. The maximum Gasteiger partial charge on any atom is 0.0794 e. The van der Waals surface area contributed by atoms with E-state index in [1.165, 1.54) is 25.0 Å². The zero-order valence-electron chi connectivity index (χ0n) is 9.63. The van der Waals surface area contributed by atoms with Crippen LogP contribution in [0.3, 0.4) is 0 Å². The van der Waals surface area contributed by atoms with Gasteiger partial charge in [0.25, 0.3) is 0 Å². The van der Waals surface area contributed by atoms with Gasteiger partial charge in [0.1, 0.15) is 0 Å². The van der Waals surface area contributed by atoms with E-state index in [9.17, 15) is 0 Å². The number of hydrogen-bond donors (Lipinski definition) is 0. The molecule has 1 nitrogen and oxygen atoms in total. The van der Waals surface area contributed by atoms with E-state index in [0.717, 1.165) is 18.7 Å². The summed E-state index contributed by atoms with van der Waals surface area (Å²) in [7, 11) is 0. The van der Waals surface area contributed by atoms with Gasteiger partial charge in [0, 0.05) is 11.3 Å². The Hall–Kier alpha value is -0.0800. The molecule has 0 bridgehead atoms. The molecule has 0 N–H and O–H groups in total. The van der Waals surface area contributed by atoms with Crippen LogP contribution in [0, 0.1) is 5.41 Å². The molecule has 1 aromatic heterocycles. The van der Waals surface area contributed by atoms with Crippen molar-refractivity contribution in [3.8, 4) is 0 Å². The molecule has 1 unspecified atom stereocenters. The van der Waals surface area contributed by atoms with E-state index >= 15 is 0 Å². The lowest BCUT2D eigenvalue weighted by atomic mass is 9.78. The summed E-state index contributed by atoms with van der Waals surface area (Å²) in [6.07, 6.45) is 5.92. The van der Waals surface area contributed by atoms with Crippen molar-refractivity contribution in [2.75, 3.05) is 5.88 Å². The second kappa shape index (κ2) is 6.49. The van der Waals surface area contributed by atoms with Crippen molar-refractivity contribution in [3.05, 3.63) is 16.6 Å². The Labute approximate surface area is 102 Å². The second-order valence-electron chi connectivity index (χ2n) is 4.25. The molecule has 15 heavy (non-hydrogen) atoms. The van der Waals surface area contributed by atoms with Crippen LogP contribution in [0.15, 0.2) is 10.9 Å². The van der Waals surface area contributed by atoms with Gasteiger partial charge in [-0.05, 0) is 24.7 Å². The molecule has 1 rings (SSSR count). The first-order valence-electron chi connectivity index (χ1n) is 5.69. The molecule has 0 aromatic carbocycles. The monoisotopic (exact) mass is 245 g/mol. The molecule has 0 amide bonds. The fourth-order valence-electron chi connectivity index (χ4n) is 1.86. The second-order valence-corrected chi connectivity index (χ2v) is 5.23. The molecule has 86 valence electrons. The van der Waals surface area contributed by atoms with Gasteiger partial charge < -0.3 is 0 Å². The molecule has 0 radical (unpaired) electrons. The Morgan fingerprint density at radius 3 is 2.73 bits per heavy atom. The third-order valence-corrected chi connectivity index (χ3v) is 4.34. The molecule has 0 spiro atoms. The fourth-order valence-corrected chi connectivity index (χ4v) is 2.84. The van der Waals surface area contributed by atoms with Gasteiger partial charge in [-0.3, -0.25) is 0 Å². The van der Waals surface area contributed by atoms with Gasteiger partial charge in [-0.2, -0.15) is 0 Å². The quantitative estimate of drug-likeness (QED) is 0.644. The SMILES string of the molecule is CCCCC(CC)(CCl)Cc1cscn1. The summed E-state index contributed by atoms with van der Waals surface area (Å²) in [4.78, 5) is 4.36. The molecule has 1 atom stereocenters. The first kappa shape index (κ1) is 13.0. The zero-order valence-corrected chi connectivity index (χ0v) is 11.2. The largest absolute Gasteiger partial charge is 0.250 e. The average molecular weight is 246 g/mol. The number of alkyl halides is 1. The molecular formula is C12H20ClNS. The summed E-state index contributed by atoms with van der Waals surface area (Å²) < 4.78 is 0. The number of unbranched alkanes of at least 4 members (excludes halogenated alkanes) is 1. The Bertz CT molecular complexity index is 255. The molecule has 1 aromatic rings. The molecule has 0 fully saturated rings. The van der Waals surface area contributed by atoms with Crippen molar-refractivity contribution in [1.82, 2.24) is 4.98 Å². The lowest BCUT2D eigenvalue weighted by molar-refractivity contribution is 0.277. The van der Waals surface area contributed by atoms with Crippen LogP contribution in [-0.4, -0.2) is 10.9 Å². The van der Waals surface area contributed by atoms with E-state index in [1.807, 2.05) is 5.51 Å². The number of aromatic nitrogens is 1. The number of nitrogens with zero attached hydrogens (tertiary/aromatic N) is 1. The molecule has 3 heteroatoms. The van der Waals surface area contributed by atoms with Crippen molar-refractivity contribution < 1.29 is 0 Å². The summed E-state index contributed by atoms with van der Waals surface area (Å²) in [6.45, 7) is 4.47. The van der Waals surface area contributed by atoms with Crippen molar-refractivity contribution in [2.24, 2.45) is 5.41 Å². The molecular weight excluding hydrogens is 226 g/mol. The number of hydrogen-bond acceptors (Lipinski definition) is 2. The minimum Gasteiger partial charge on any atom is -0.250 e. The lowest BCUT2D eigenvalue weighted by Gasteiger charge is -2.30. The van der Waals surface area contributed by atoms with E-state index in [4.69, 9.17) is 11.6 Å². The highest BCUT2D eigenvalue weighted by atomic mass is 35.5. The third-order valence-electron chi connectivity index (χ3n) is 3.13. The molecule has 0 aliphatic rings. The van der Waals surface area contributed by atoms with Crippen LogP contribution in [-0.2, 0) is 6.42 Å². The van der Waals surface area contributed by atoms with Crippen LogP contribution < -0.4 is 0 Å². The van der Waals surface area contributed by atoms with Gasteiger partial charge in [0.2, 0.25) is 0 Å². The van der Waals surface area contributed by atoms with Crippen molar-refractivity contribution >= 4 is 22.9 Å². The van der Waals surface area contributed by atoms with Gasteiger partial charge in [0.05, 0.1) is 11.2 Å². The molecule has 0 saturated carbocycles. The normalized spacial score (nSPS) is 15.1. The molecule has 0 aliphatic heterocycles. The van der Waals surface area contributed by atoms with Crippen molar-refractivity contribution in [2.45, 2.75) is 46.0 Å². The Morgan fingerprint density at radius 1 is 1.47 bits per heavy atom. The number of rotatable bonds is 7. The highest BCUT2D eigenvalue weighted by molar-refractivity contribution is 7.07. The van der Waals surface area contributed by atoms with Gasteiger partial charge in [-0.15, -0.1) is 22.9 Å². The van der Waals surface area contributed by atoms with Crippen LogP contribution in [0.1, 0.15) is 45.2 Å². The molecule has 0 saturated heterocycles. The van der Waals surface area contributed by atoms with Gasteiger partial charge in [-0.25, -0.2) is 4.98 Å². The third kappa shape index (κ3) is 3.76. The van der Waals surface area contributed by atoms with E-state index in [1.54, 1.807) is 11.3 Å². The lowest BCUT2D eigenvalue weighted by Crippen LogP contribution is -2.25. The maximum atomic E-state index is 6.15. The Balaban J connectivity index is 2.63. The fraction of sp³-hybridized carbons (Fsp3) is 0.750.